The van der Waals surface area contributed by atoms with E-state index in [2.05, 4.69) is 10.3 Å². The number of carboxylic acid groups (broad SMARTS) is 1. The Morgan fingerprint density at radius 2 is 1.63 bits per heavy atom. The molecule has 4 aromatic rings. The highest BCUT2D eigenvalue weighted by molar-refractivity contribution is 7.99. The number of aromatic carboxylic acids is 1. The number of aromatic nitrogens is 1. The summed E-state index contributed by atoms with van der Waals surface area (Å²) in [6.45, 7) is 2.16. The van der Waals surface area contributed by atoms with Gasteiger partial charge in [-0.15, -0.1) is 11.8 Å². The van der Waals surface area contributed by atoms with E-state index in [0.29, 0.717) is 10.8 Å². The maximum Gasteiger partial charge on any atom is 0.338 e. The van der Waals surface area contributed by atoms with Gasteiger partial charge in [-0.25, -0.2) is 9.78 Å². The summed E-state index contributed by atoms with van der Waals surface area (Å²) in [5.41, 5.74) is 5.34. The van der Waals surface area contributed by atoms with Gasteiger partial charge in [0, 0.05) is 30.0 Å². The number of hydrogen-bond donors (Lipinski definition) is 3. The minimum atomic E-state index is -2.06. The minimum Gasteiger partial charge on any atom is -0.478 e. The zero-order valence-electron chi connectivity index (χ0n) is 24.6. The molecule has 5 rings (SSSR count). The Hall–Kier alpha value is -3.15. The third-order valence-electron chi connectivity index (χ3n) is 7.72. The molecule has 4 atom stereocenters. The molecule has 46 heavy (non-hydrogen) atoms. The number of pyridine rings is 1. The summed E-state index contributed by atoms with van der Waals surface area (Å²) in [5, 5.41) is 22.2. The lowest BCUT2D eigenvalue weighted by Gasteiger charge is -2.41. The number of rotatable bonds is 10. The van der Waals surface area contributed by atoms with Gasteiger partial charge in [-0.2, -0.15) is 0 Å². The molecule has 3 N–H and O–H groups in total. The number of ether oxygens (including phenoxy) is 2. The number of carboxylic acids is 1. The number of carbonyl (C=O) groups is 2. The molecule has 240 valence electrons. The van der Waals surface area contributed by atoms with E-state index in [4.69, 9.17) is 44.3 Å². The predicted molar refractivity (Wildman–Crippen MR) is 179 cm³/mol. The molecule has 3 aromatic carbocycles. The Morgan fingerprint density at radius 3 is 2.30 bits per heavy atom. The van der Waals surface area contributed by atoms with Gasteiger partial charge in [-0.05, 0) is 39.9 Å². The normalized spacial score (nSPS) is 19.8. The van der Waals surface area contributed by atoms with Gasteiger partial charge in [0.25, 0.3) is 9.70 Å². The van der Waals surface area contributed by atoms with Crippen LogP contribution in [0, 0.1) is 5.92 Å². The van der Waals surface area contributed by atoms with Gasteiger partial charge in [0.2, 0.25) is 0 Å². The maximum atomic E-state index is 12.1. The molecule has 0 bridgehead atoms. The summed E-state index contributed by atoms with van der Waals surface area (Å²) in [6.07, 6.45) is 0.227. The summed E-state index contributed by atoms with van der Waals surface area (Å²) in [5.74, 6) is -1.38. The number of benzene rings is 3. The number of alkyl halides is 3. The first kappa shape index (κ1) is 34.2. The number of carbonyl (C=O) groups excluding carboxylic acids is 1. The molecule has 0 saturated carbocycles. The Morgan fingerprint density at radius 1 is 0.935 bits per heavy atom. The summed E-state index contributed by atoms with van der Waals surface area (Å²) in [4.78, 5) is 28.2. The zero-order chi connectivity index (χ0) is 32.8. The third kappa shape index (κ3) is 8.22. The smallest absolute Gasteiger partial charge is 0.338 e. The van der Waals surface area contributed by atoms with Gasteiger partial charge < -0.3 is 25.0 Å². The van der Waals surface area contributed by atoms with Crippen molar-refractivity contribution in [1.82, 2.24) is 10.3 Å². The molecule has 8 nitrogen and oxygen atoms in total. The number of nitrogens with one attached hydrogen (secondary N) is 1. The van der Waals surface area contributed by atoms with Crippen molar-refractivity contribution >= 4 is 58.4 Å². The van der Waals surface area contributed by atoms with Crippen LogP contribution in [0.4, 0.5) is 0 Å². The van der Waals surface area contributed by atoms with E-state index in [1.54, 1.807) is 12.3 Å². The van der Waals surface area contributed by atoms with E-state index < -0.39 is 22.0 Å². The Bertz CT molecular complexity index is 1670. The summed E-state index contributed by atoms with van der Waals surface area (Å²) < 4.78 is 11.0. The minimum absolute atomic E-state index is 0.0584. The predicted octanol–water partition coefficient (Wildman–Crippen LogP) is 7.51. The standard InChI is InChI=1S/C34H31Cl3N2O6S/c1-20-28(19-46-30-27(31(41)42)7-4-16-38-30)44-32(45-29(20)23-10-8-21(18-40)9-11-23)24-14-12-22(13-15-24)26-6-3-2-5-25(26)17-39-33(43)34(35,36)37/h2-16,20,28-29,32,40H,17-19H2,1H3,(H,39,43)(H,41,42)/t20-,28+,29+,32+/m0/s1. The molecule has 0 unspecified atom stereocenters. The van der Waals surface area contributed by atoms with Crippen LogP contribution in [0.15, 0.2) is 96.2 Å². The van der Waals surface area contributed by atoms with E-state index in [0.717, 1.165) is 33.4 Å². The van der Waals surface area contributed by atoms with Crippen molar-refractivity contribution in [1.29, 1.82) is 0 Å². The first-order valence-electron chi connectivity index (χ1n) is 14.4. The monoisotopic (exact) mass is 700 g/mol. The second kappa shape index (κ2) is 15.2. The topological polar surface area (TPSA) is 118 Å². The van der Waals surface area contributed by atoms with Crippen LogP contribution in [-0.4, -0.2) is 42.7 Å². The van der Waals surface area contributed by atoms with Crippen LogP contribution in [-0.2, 0) is 27.4 Å². The van der Waals surface area contributed by atoms with Crippen LogP contribution in [0.3, 0.4) is 0 Å². The molecule has 0 radical (unpaired) electrons. The van der Waals surface area contributed by atoms with Crippen LogP contribution in [0.2, 0.25) is 0 Å². The molecule has 2 heterocycles. The van der Waals surface area contributed by atoms with Crippen molar-refractivity contribution in [3.63, 3.8) is 0 Å². The van der Waals surface area contributed by atoms with Crippen molar-refractivity contribution in [3.05, 3.63) is 119 Å². The van der Waals surface area contributed by atoms with Gasteiger partial charge in [-0.1, -0.05) is 115 Å². The number of aliphatic hydroxyl groups is 1. The van der Waals surface area contributed by atoms with E-state index in [1.165, 1.54) is 17.8 Å². The van der Waals surface area contributed by atoms with Crippen LogP contribution < -0.4 is 5.32 Å². The molecule has 1 aliphatic heterocycles. The Labute approximate surface area is 286 Å². The SMILES string of the molecule is C[C@H]1[C@@H](CSc2ncccc2C(=O)O)O[C@@H](c2ccc(-c3ccccc3CNC(=O)C(Cl)(Cl)Cl)cc2)O[C@H]1c1ccc(CO)cc1. The number of amides is 1. The van der Waals surface area contributed by atoms with E-state index in [9.17, 15) is 19.8 Å². The lowest BCUT2D eigenvalue weighted by molar-refractivity contribution is -0.268. The fourth-order valence-electron chi connectivity index (χ4n) is 5.19. The molecule has 0 spiro atoms. The molecular weight excluding hydrogens is 671 g/mol. The van der Waals surface area contributed by atoms with Gasteiger partial charge in [-0.3, -0.25) is 4.79 Å². The number of thioether (sulfide) groups is 1. The van der Waals surface area contributed by atoms with Gasteiger partial charge in [0.05, 0.1) is 24.4 Å². The highest BCUT2D eigenvalue weighted by Crippen LogP contribution is 2.43. The van der Waals surface area contributed by atoms with Crippen molar-refractivity contribution in [2.24, 2.45) is 5.92 Å². The molecule has 1 aliphatic rings. The molecule has 1 saturated heterocycles. The lowest BCUT2D eigenvalue weighted by atomic mass is 9.91. The largest absolute Gasteiger partial charge is 0.478 e. The fourth-order valence-corrected chi connectivity index (χ4v) is 6.54. The lowest BCUT2D eigenvalue weighted by Crippen LogP contribution is -2.38. The van der Waals surface area contributed by atoms with Gasteiger partial charge in [0.15, 0.2) is 6.29 Å². The quantitative estimate of drug-likeness (QED) is 0.115. The highest BCUT2D eigenvalue weighted by Gasteiger charge is 2.38. The van der Waals surface area contributed by atoms with Crippen LogP contribution >= 0.6 is 46.6 Å². The third-order valence-corrected chi connectivity index (χ3v) is 9.33. The summed E-state index contributed by atoms with van der Waals surface area (Å²) >= 11 is 18.5. The average Bonchev–Trinajstić information content (AvgIpc) is 3.06. The fraction of sp³-hybridized carbons (Fsp3) is 0.265. The second-order valence-corrected chi connectivity index (χ2v) is 14.0. The first-order chi connectivity index (χ1) is 22.0. The van der Waals surface area contributed by atoms with Crippen molar-refractivity contribution in [2.45, 2.75) is 47.4 Å². The number of nitrogens with zero attached hydrogens (tertiary/aromatic N) is 1. The van der Waals surface area contributed by atoms with E-state index in [-0.39, 0.29) is 36.8 Å². The maximum absolute atomic E-state index is 12.1. The van der Waals surface area contributed by atoms with Crippen LogP contribution in [0.5, 0.6) is 0 Å². The van der Waals surface area contributed by atoms with Crippen LogP contribution in [0.1, 0.15) is 51.9 Å². The Balaban J connectivity index is 1.39. The summed E-state index contributed by atoms with van der Waals surface area (Å²) in [6, 6.07) is 26.2. The highest BCUT2D eigenvalue weighted by atomic mass is 35.6. The van der Waals surface area contributed by atoms with Gasteiger partial charge in [0.1, 0.15) is 5.03 Å². The van der Waals surface area contributed by atoms with Crippen LogP contribution in [0.25, 0.3) is 11.1 Å². The van der Waals surface area contributed by atoms with Crippen molar-refractivity contribution < 1.29 is 29.3 Å². The van der Waals surface area contributed by atoms with E-state index >= 15 is 0 Å². The number of aliphatic hydroxyl groups excluding tert-OH is 1. The first-order valence-corrected chi connectivity index (χ1v) is 16.5. The van der Waals surface area contributed by atoms with Crippen molar-refractivity contribution in [3.8, 4) is 11.1 Å². The molecule has 1 fully saturated rings. The number of halogens is 3. The van der Waals surface area contributed by atoms with Crippen molar-refractivity contribution in [2.75, 3.05) is 5.75 Å². The molecule has 0 aliphatic carbocycles. The number of hydrogen-bond acceptors (Lipinski definition) is 7. The molecule has 1 amide bonds. The molecule has 1 aromatic heterocycles. The average molecular weight is 702 g/mol. The van der Waals surface area contributed by atoms with Gasteiger partial charge >= 0.3 is 5.97 Å². The molecular formula is C34H31Cl3N2O6S. The molecule has 12 heteroatoms. The van der Waals surface area contributed by atoms with E-state index in [1.807, 2.05) is 79.7 Å². The summed E-state index contributed by atoms with van der Waals surface area (Å²) in [7, 11) is 0. The zero-order valence-corrected chi connectivity index (χ0v) is 27.7. The second-order valence-electron chi connectivity index (χ2n) is 10.8. The Kier molecular flexibility index (Phi) is 11.3.